The number of carbonyl (C=O) groups excluding carboxylic acids is 1. The monoisotopic (exact) mass is 261 g/mol. The number of nitriles is 1. The van der Waals surface area contributed by atoms with Gasteiger partial charge in [-0.2, -0.15) is 5.26 Å². The van der Waals surface area contributed by atoms with Gasteiger partial charge in [-0.15, -0.1) is 0 Å². The maximum atomic E-state index is 12.4. The van der Waals surface area contributed by atoms with Crippen molar-refractivity contribution in [3.05, 3.63) is 33.0 Å². The van der Waals surface area contributed by atoms with Crippen LogP contribution in [0.4, 0.5) is 14.6 Å². The Morgan fingerprint density at radius 1 is 1.65 bits per heavy atom. The minimum absolute atomic E-state index is 0.561. The highest BCUT2D eigenvalue weighted by Crippen LogP contribution is 2.26. The Kier molecular flexibility index (Phi) is 3.65. The lowest BCUT2D eigenvalue weighted by Crippen LogP contribution is -2.06. The van der Waals surface area contributed by atoms with Gasteiger partial charge in [-0.3, -0.25) is 4.79 Å². The first-order chi connectivity index (χ1) is 7.88. The second-order valence-corrected chi connectivity index (χ2v) is 3.08. The number of nitro groups is 1. The van der Waals surface area contributed by atoms with Crippen LogP contribution in [-0.2, 0) is 0 Å². The Bertz CT molecular complexity index is 506. The Morgan fingerprint density at radius 3 is 2.59 bits per heavy atom. The van der Waals surface area contributed by atoms with Crippen molar-refractivity contribution in [2.45, 2.75) is 6.43 Å². The van der Waals surface area contributed by atoms with Crippen LogP contribution in [-0.4, -0.2) is 15.1 Å². The summed E-state index contributed by atoms with van der Waals surface area (Å²) in [6.07, 6.45) is -3.11. The molecule has 0 aromatic carbocycles. The summed E-state index contributed by atoms with van der Waals surface area (Å²) in [5, 5.41) is 17.9. The largest absolute Gasteiger partial charge is 0.382 e. The molecule has 0 spiro atoms. The number of hydrogen-bond donors (Lipinski definition) is 0. The van der Waals surface area contributed by atoms with E-state index in [4.69, 9.17) is 16.9 Å². The molecule has 9 heteroatoms. The molecule has 0 radical (unpaired) electrons. The molecule has 0 bridgehead atoms. The van der Waals surface area contributed by atoms with Crippen LogP contribution in [0.1, 0.15) is 28.0 Å². The first-order valence-corrected chi connectivity index (χ1v) is 4.33. The van der Waals surface area contributed by atoms with Gasteiger partial charge in [0.2, 0.25) is 5.69 Å². The summed E-state index contributed by atoms with van der Waals surface area (Å²) in [4.78, 5) is 23.3. The van der Waals surface area contributed by atoms with Crippen molar-refractivity contribution < 1.29 is 18.5 Å². The average Bonchev–Trinajstić information content (AvgIpc) is 2.26. The van der Waals surface area contributed by atoms with Crippen molar-refractivity contribution in [2.75, 3.05) is 0 Å². The van der Waals surface area contributed by atoms with E-state index in [2.05, 4.69) is 4.98 Å². The molecule has 0 aliphatic heterocycles. The van der Waals surface area contributed by atoms with Crippen molar-refractivity contribution in [1.29, 1.82) is 5.26 Å². The zero-order valence-electron chi connectivity index (χ0n) is 7.85. The van der Waals surface area contributed by atoms with Gasteiger partial charge < -0.3 is 10.1 Å². The molecule has 0 aliphatic rings. The summed E-state index contributed by atoms with van der Waals surface area (Å²) in [6.45, 7) is 0. The summed E-state index contributed by atoms with van der Waals surface area (Å²) < 4.78 is 24.7. The molecule has 0 fully saturated rings. The highest BCUT2D eigenvalue weighted by Gasteiger charge is 2.28. The van der Waals surface area contributed by atoms with E-state index < -0.39 is 39.2 Å². The minimum Gasteiger partial charge on any atom is -0.358 e. The maximum absolute atomic E-state index is 12.4. The molecule has 88 valence electrons. The number of pyridine rings is 1. The molecule has 17 heavy (non-hydrogen) atoms. The summed E-state index contributed by atoms with van der Waals surface area (Å²) >= 11 is 5.06. The molecule has 1 aromatic heterocycles. The first-order valence-electron chi connectivity index (χ1n) is 3.96. The zero-order valence-corrected chi connectivity index (χ0v) is 8.61. The second kappa shape index (κ2) is 4.80. The van der Waals surface area contributed by atoms with Gasteiger partial charge in [0.25, 0.3) is 5.24 Å². The fourth-order valence-corrected chi connectivity index (χ4v) is 1.21. The van der Waals surface area contributed by atoms with E-state index >= 15 is 0 Å². The number of nitrogens with zero attached hydrogens (tertiary/aromatic N) is 3. The second-order valence-electron chi connectivity index (χ2n) is 2.74. The molecule has 0 amide bonds. The van der Waals surface area contributed by atoms with Gasteiger partial charge in [-0.05, 0) is 21.5 Å². The zero-order chi connectivity index (χ0) is 13.2. The topological polar surface area (TPSA) is 96.9 Å². The Morgan fingerprint density at radius 2 is 2.24 bits per heavy atom. The molecule has 1 heterocycles. The van der Waals surface area contributed by atoms with Gasteiger partial charge in [0.1, 0.15) is 6.07 Å². The summed E-state index contributed by atoms with van der Waals surface area (Å²) in [5.41, 5.74) is -2.38. The van der Waals surface area contributed by atoms with Crippen molar-refractivity contribution in [1.82, 2.24) is 4.98 Å². The lowest BCUT2D eigenvalue weighted by Gasteiger charge is -2.01. The van der Waals surface area contributed by atoms with Crippen LogP contribution in [0.3, 0.4) is 0 Å². The Balaban J connectivity index is 3.65. The predicted molar refractivity (Wildman–Crippen MR) is 50.7 cm³/mol. The van der Waals surface area contributed by atoms with E-state index in [9.17, 15) is 23.7 Å². The maximum Gasteiger partial charge on any atom is 0.382 e. The molecule has 0 aliphatic carbocycles. The molecular formula is C8H2ClF2N3O3. The smallest absolute Gasteiger partial charge is 0.358 e. The SMILES string of the molecule is N#Cc1c(C(=O)Cl)cc(C(F)F)nc1[N+](=O)[O-]. The normalized spacial score (nSPS) is 10.1. The van der Waals surface area contributed by atoms with Crippen molar-refractivity contribution in [3.63, 3.8) is 0 Å². The molecule has 0 atom stereocenters. The third kappa shape index (κ3) is 2.51. The number of alkyl halides is 2. The molecule has 0 unspecified atom stereocenters. The number of halogens is 3. The van der Waals surface area contributed by atoms with Gasteiger partial charge in [0.05, 0.1) is 5.56 Å². The van der Waals surface area contributed by atoms with E-state index in [1.54, 1.807) is 0 Å². The number of rotatable bonds is 3. The molecule has 6 nitrogen and oxygen atoms in total. The average molecular weight is 262 g/mol. The van der Waals surface area contributed by atoms with Crippen molar-refractivity contribution >= 4 is 22.7 Å². The number of aromatic nitrogens is 1. The van der Waals surface area contributed by atoms with E-state index in [-0.39, 0.29) is 0 Å². The van der Waals surface area contributed by atoms with Crippen molar-refractivity contribution in [3.8, 4) is 6.07 Å². The van der Waals surface area contributed by atoms with E-state index in [1.807, 2.05) is 0 Å². The molecular weight excluding hydrogens is 260 g/mol. The van der Waals surface area contributed by atoms with Gasteiger partial charge >= 0.3 is 12.2 Å². The van der Waals surface area contributed by atoms with Gasteiger partial charge in [0.15, 0.2) is 5.56 Å². The van der Waals surface area contributed by atoms with Crippen LogP contribution in [0.2, 0.25) is 0 Å². The summed E-state index contributed by atoms with van der Waals surface area (Å²) in [7, 11) is 0. The highest BCUT2D eigenvalue weighted by atomic mass is 35.5. The van der Waals surface area contributed by atoms with E-state index in [1.165, 1.54) is 6.07 Å². The van der Waals surface area contributed by atoms with Crippen molar-refractivity contribution in [2.24, 2.45) is 0 Å². The predicted octanol–water partition coefficient (Wildman–Crippen LogP) is 2.18. The molecule has 0 saturated heterocycles. The van der Waals surface area contributed by atoms with Crippen LogP contribution in [0.5, 0.6) is 0 Å². The quantitative estimate of drug-likeness (QED) is 0.472. The van der Waals surface area contributed by atoms with Crippen LogP contribution < -0.4 is 0 Å². The lowest BCUT2D eigenvalue weighted by molar-refractivity contribution is -0.390. The minimum atomic E-state index is -3.11. The van der Waals surface area contributed by atoms with Gasteiger partial charge in [-0.25, -0.2) is 8.78 Å². The third-order valence-electron chi connectivity index (χ3n) is 1.74. The summed E-state index contributed by atoms with van der Waals surface area (Å²) in [6, 6.07) is 1.90. The van der Waals surface area contributed by atoms with E-state index in [0.29, 0.717) is 6.07 Å². The number of hydrogen-bond acceptors (Lipinski definition) is 5. The Hall–Kier alpha value is -2.14. The van der Waals surface area contributed by atoms with Gasteiger partial charge in [-0.1, -0.05) is 0 Å². The standard InChI is InChI=1S/C8H2ClF2N3O3/c9-6(15)3-1-5(7(10)11)13-8(14(16)17)4(3)2-12/h1,7H. The van der Waals surface area contributed by atoms with E-state index in [0.717, 1.165) is 0 Å². The lowest BCUT2D eigenvalue weighted by atomic mass is 10.1. The highest BCUT2D eigenvalue weighted by molar-refractivity contribution is 6.68. The fourth-order valence-electron chi connectivity index (χ4n) is 1.06. The first kappa shape index (κ1) is 12.9. The van der Waals surface area contributed by atoms with Crippen LogP contribution in [0.25, 0.3) is 0 Å². The van der Waals surface area contributed by atoms with Crippen LogP contribution >= 0.6 is 11.6 Å². The van der Waals surface area contributed by atoms with Gasteiger partial charge in [0, 0.05) is 6.07 Å². The van der Waals surface area contributed by atoms with Crippen LogP contribution in [0, 0.1) is 21.4 Å². The molecule has 0 saturated carbocycles. The molecule has 0 N–H and O–H groups in total. The summed E-state index contributed by atoms with van der Waals surface area (Å²) in [5.74, 6) is -1.12. The fraction of sp³-hybridized carbons (Fsp3) is 0.125. The number of carbonyl (C=O) groups is 1. The molecule has 1 aromatic rings. The Labute approximate surface area is 97.6 Å². The molecule has 1 rings (SSSR count). The third-order valence-corrected chi connectivity index (χ3v) is 1.94. The van der Waals surface area contributed by atoms with Crippen LogP contribution in [0.15, 0.2) is 6.07 Å².